The molecule has 0 spiro atoms. The minimum Gasteiger partial charge on any atom is -0.494 e. The van der Waals surface area contributed by atoms with Gasteiger partial charge in [-0.1, -0.05) is 30.3 Å². The van der Waals surface area contributed by atoms with Crippen molar-refractivity contribution in [2.24, 2.45) is 0 Å². The smallest absolute Gasteiger partial charge is 0.241 e. The fraction of sp³-hybridized carbons (Fsp3) is 0.458. The van der Waals surface area contributed by atoms with Gasteiger partial charge in [0.05, 0.1) is 13.2 Å². The maximum atomic E-state index is 12.9. The van der Waals surface area contributed by atoms with E-state index in [1.807, 2.05) is 49.1 Å². The Bertz CT molecular complexity index is 783. The molecule has 1 fully saturated rings. The number of hydrogen-bond donors (Lipinski definition) is 0. The first-order valence-electron chi connectivity index (χ1n) is 10.6. The van der Waals surface area contributed by atoms with E-state index < -0.39 is 0 Å². The number of carbonyl (C=O) groups excluding carboxylic acids is 1. The molecule has 1 saturated heterocycles. The van der Waals surface area contributed by atoms with Gasteiger partial charge in [-0.15, -0.1) is 0 Å². The van der Waals surface area contributed by atoms with Crippen LogP contribution in [-0.2, 0) is 11.3 Å². The van der Waals surface area contributed by atoms with Crippen LogP contribution in [0.2, 0.25) is 0 Å². The SMILES string of the molecule is CCOc1ccc(CN2CCN(CC(=O)N(CC)c3ccccc3C)CC2)cc1. The number of amides is 1. The minimum atomic E-state index is 0.182. The number of aryl methyl sites for hydroxylation is 1. The first-order valence-corrected chi connectivity index (χ1v) is 10.6. The molecule has 0 bridgehead atoms. The van der Waals surface area contributed by atoms with E-state index in [1.54, 1.807) is 0 Å². The zero-order valence-electron chi connectivity index (χ0n) is 17.9. The summed E-state index contributed by atoms with van der Waals surface area (Å²) in [6, 6.07) is 16.5. The molecule has 3 rings (SSSR count). The number of nitrogens with zero attached hydrogens (tertiary/aromatic N) is 3. The monoisotopic (exact) mass is 395 g/mol. The number of hydrogen-bond acceptors (Lipinski definition) is 4. The van der Waals surface area contributed by atoms with Crippen LogP contribution >= 0.6 is 0 Å². The van der Waals surface area contributed by atoms with Crippen molar-refractivity contribution in [1.29, 1.82) is 0 Å². The first kappa shape index (κ1) is 21.3. The largest absolute Gasteiger partial charge is 0.494 e. The van der Waals surface area contributed by atoms with Crippen LogP contribution in [0.3, 0.4) is 0 Å². The van der Waals surface area contributed by atoms with Crippen LogP contribution in [0.5, 0.6) is 5.75 Å². The first-order chi connectivity index (χ1) is 14.1. The molecule has 5 heteroatoms. The Kier molecular flexibility index (Phi) is 7.67. The highest BCUT2D eigenvalue weighted by atomic mass is 16.5. The maximum Gasteiger partial charge on any atom is 0.241 e. The van der Waals surface area contributed by atoms with Gasteiger partial charge in [0.15, 0.2) is 0 Å². The summed E-state index contributed by atoms with van der Waals surface area (Å²) in [5.74, 6) is 1.11. The molecule has 2 aromatic rings. The topological polar surface area (TPSA) is 36.0 Å². The molecule has 1 heterocycles. The summed E-state index contributed by atoms with van der Waals surface area (Å²) in [6.45, 7) is 12.7. The molecular weight excluding hydrogens is 362 g/mol. The number of ether oxygens (including phenoxy) is 1. The van der Waals surface area contributed by atoms with E-state index in [-0.39, 0.29) is 5.91 Å². The Morgan fingerprint density at radius 2 is 1.62 bits per heavy atom. The lowest BCUT2D eigenvalue weighted by molar-refractivity contribution is -0.120. The molecule has 1 amide bonds. The van der Waals surface area contributed by atoms with E-state index in [9.17, 15) is 4.79 Å². The summed E-state index contributed by atoms with van der Waals surface area (Å²) < 4.78 is 5.51. The molecule has 0 N–H and O–H groups in total. The van der Waals surface area contributed by atoms with E-state index in [4.69, 9.17) is 4.74 Å². The Hall–Kier alpha value is -2.37. The van der Waals surface area contributed by atoms with Gasteiger partial charge in [0.2, 0.25) is 5.91 Å². The van der Waals surface area contributed by atoms with Crippen LogP contribution in [0.15, 0.2) is 48.5 Å². The van der Waals surface area contributed by atoms with Crippen molar-refractivity contribution < 1.29 is 9.53 Å². The van der Waals surface area contributed by atoms with Crippen LogP contribution in [0, 0.1) is 6.92 Å². The predicted octanol–water partition coefficient (Wildman–Crippen LogP) is 3.56. The van der Waals surface area contributed by atoms with Crippen molar-refractivity contribution in [3.05, 3.63) is 59.7 Å². The number of rotatable bonds is 8. The Labute approximate surface area is 174 Å². The number of para-hydroxylation sites is 1. The van der Waals surface area contributed by atoms with E-state index >= 15 is 0 Å². The molecule has 0 saturated carbocycles. The number of carbonyl (C=O) groups is 1. The zero-order valence-corrected chi connectivity index (χ0v) is 17.9. The normalized spacial score (nSPS) is 15.3. The molecule has 1 aliphatic heterocycles. The molecule has 156 valence electrons. The third-order valence-electron chi connectivity index (χ3n) is 5.49. The van der Waals surface area contributed by atoms with Gasteiger partial charge in [-0.3, -0.25) is 14.6 Å². The van der Waals surface area contributed by atoms with E-state index in [0.29, 0.717) is 19.7 Å². The van der Waals surface area contributed by atoms with Crippen molar-refractivity contribution in [3.8, 4) is 5.75 Å². The predicted molar refractivity (Wildman–Crippen MR) is 119 cm³/mol. The van der Waals surface area contributed by atoms with Gasteiger partial charge in [0.1, 0.15) is 5.75 Å². The number of piperazine rings is 1. The van der Waals surface area contributed by atoms with Gasteiger partial charge in [0, 0.05) is 45.0 Å². The van der Waals surface area contributed by atoms with E-state index in [0.717, 1.165) is 49.7 Å². The summed E-state index contributed by atoms with van der Waals surface area (Å²) in [4.78, 5) is 19.5. The van der Waals surface area contributed by atoms with Gasteiger partial charge in [0.25, 0.3) is 0 Å². The summed E-state index contributed by atoms with van der Waals surface area (Å²) >= 11 is 0. The summed E-state index contributed by atoms with van der Waals surface area (Å²) in [5.41, 5.74) is 3.46. The molecule has 0 aliphatic carbocycles. The van der Waals surface area contributed by atoms with Gasteiger partial charge in [-0.2, -0.15) is 0 Å². The van der Waals surface area contributed by atoms with Crippen LogP contribution in [-0.4, -0.2) is 61.6 Å². The average Bonchev–Trinajstić information content (AvgIpc) is 2.73. The average molecular weight is 396 g/mol. The second-order valence-electron chi connectivity index (χ2n) is 7.55. The highest BCUT2D eigenvalue weighted by Gasteiger charge is 2.22. The molecule has 0 atom stereocenters. The third-order valence-corrected chi connectivity index (χ3v) is 5.49. The fourth-order valence-electron chi connectivity index (χ4n) is 3.85. The van der Waals surface area contributed by atoms with Crippen molar-refractivity contribution in [2.45, 2.75) is 27.3 Å². The van der Waals surface area contributed by atoms with Crippen molar-refractivity contribution in [3.63, 3.8) is 0 Å². The Morgan fingerprint density at radius 3 is 2.24 bits per heavy atom. The summed E-state index contributed by atoms with van der Waals surface area (Å²) in [6.07, 6.45) is 0. The molecule has 29 heavy (non-hydrogen) atoms. The standard InChI is InChI=1S/C24H33N3O2/c1-4-27(23-9-7-6-8-20(23)3)24(28)19-26-16-14-25(15-17-26)18-21-10-12-22(13-11-21)29-5-2/h6-13H,4-5,14-19H2,1-3H3. The molecule has 0 aromatic heterocycles. The van der Waals surface area contributed by atoms with Crippen molar-refractivity contribution in [1.82, 2.24) is 9.80 Å². The van der Waals surface area contributed by atoms with Crippen molar-refractivity contribution in [2.75, 3.05) is 50.8 Å². The molecular formula is C24H33N3O2. The lowest BCUT2D eigenvalue weighted by Crippen LogP contribution is -2.49. The van der Waals surface area contributed by atoms with Gasteiger partial charge >= 0.3 is 0 Å². The number of anilines is 1. The minimum absolute atomic E-state index is 0.182. The number of benzene rings is 2. The molecule has 0 radical (unpaired) electrons. The second-order valence-corrected chi connectivity index (χ2v) is 7.55. The van der Waals surface area contributed by atoms with Gasteiger partial charge in [-0.25, -0.2) is 0 Å². The van der Waals surface area contributed by atoms with Crippen LogP contribution in [0.1, 0.15) is 25.0 Å². The quantitative estimate of drug-likeness (QED) is 0.685. The van der Waals surface area contributed by atoms with Gasteiger partial charge in [-0.05, 0) is 50.1 Å². The lowest BCUT2D eigenvalue weighted by atomic mass is 10.1. The van der Waals surface area contributed by atoms with Gasteiger partial charge < -0.3 is 9.64 Å². The Morgan fingerprint density at radius 1 is 0.966 bits per heavy atom. The lowest BCUT2D eigenvalue weighted by Gasteiger charge is -2.35. The zero-order chi connectivity index (χ0) is 20.6. The highest BCUT2D eigenvalue weighted by molar-refractivity contribution is 5.95. The highest BCUT2D eigenvalue weighted by Crippen LogP contribution is 2.20. The van der Waals surface area contributed by atoms with Crippen molar-refractivity contribution >= 4 is 11.6 Å². The second kappa shape index (κ2) is 10.4. The van der Waals surface area contributed by atoms with Crippen LogP contribution in [0.4, 0.5) is 5.69 Å². The molecule has 1 aliphatic rings. The Balaban J connectivity index is 1.49. The molecule has 2 aromatic carbocycles. The summed E-state index contributed by atoms with van der Waals surface area (Å²) in [5, 5.41) is 0. The van der Waals surface area contributed by atoms with Crippen LogP contribution in [0.25, 0.3) is 0 Å². The maximum absolute atomic E-state index is 12.9. The summed E-state index contributed by atoms with van der Waals surface area (Å²) in [7, 11) is 0. The van der Waals surface area contributed by atoms with Crippen LogP contribution < -0.4 is 9.64 Å². The molecule has 5 nitrogen and oxygen atoms in total. The molecule has 0 unspecified atom stereocenters. The number of likely N-dealkylation sites (N-methyl/N-ethyl adjacent to an activating group) is 1. The fourth-order valence-corrected chi connectivity index (χ4v) is 3.85. The third kappa shape index (κ3) is 5.81. The van der Waals surface area contributed by atoms with E-state index in [1.165, 1.54) is 5.56 Å². The van der Waals surface area contributed by atoms with E-state index in [2.05, 4.69) is 34.9 Å².